The third kappa shape index (κ3) is 6.10. The minimum Gasteiger partial charge on any atom is -0.479 e. The van der Waals surface area contributed by atoms with Crippen molar-refractivity contribution in [3.05, 3.63) is 47.7 Å². The van der Waals surface area contributed by atoms with Gasteiger partial charge in [-0.3, -0.25) is 9.59 Å². The maximum atomic E-state index is 14.0. The molecule has 11 nitrogen and oxygen atoms in total. The summed E-state index contributed by atoms with van der Waals surface area (Å²) < 4.78 is 36.8. The summed E-state index contributed by atoms with van der Waals surface area (Å²) in [6, 6.07) is 4.89. The molecule has 3 rings (SSSR count). The van der Waals surface area contributed by atoms with Crippen molar-refractivity contribution in [1.29, 1.82) is 5.26 Å². The van der Waals surface area contributed by atoms with Gasteiger partial charge in [0.05, 0.1) is 17.3 Å². The largest absolute Gasteiger partial charge is 0.479 e. The number of amides is 2. The number of nitrogens with one attached hydrogen (secondary N) is 2. The molecule has 2 amide bonds. The predicted octanol–water partition coefficient (Wildman–Crippen LogP) is 2.58. The maximum Gasteiger partial charge on any atom is 0.286 e. The molecule has 13 heteroatoms. The Morgan fingerprint density at radius 1 is 1.31 bits per heavy atom. The molecule has 2 N–H and O–H groups in total. The molecule has 2 heterocycles. The Hall–Kier alpha value is -4.05. The first-order chi connectivity index (χ1) is 16.4. The first-order valence-electron chi connectivity index (χ1n) is 10.4. The summed E-state index contributed by atoms with van der Waals surface area (Å²) in [6.45, 7) is 4.66. The Labute approximate surface area is 201 Å². The van der Waals surface area contributed by atoms with E-state index in [0.717, 1.165) is 6.07 Å². The summed E-state index contributed by atoms with van der Waals surface area (Å²) in [5, 5.41) is 18.5. The highest BCUT2D eigenvalue weighted by atomic mass is 32.2. The van der Waals surface area contributed by atoms with E-state index < -0.39 is 39.5 Å². The molecule has 3 aromatic rings. The first-order valence-corrected chi connectivity index (χ1v) is 12.7. The van der Waals surface area contributed by atoms with E-state index in [1.54, 1.807) is 6.92 Å². The summed E-state index contributed by atoms with van der Waals surface area (Å²) in [7, 11) is -2.66. The normalized spacial score (nSPS) is 12.9. The number of halogens is 1. The third-order valence-corrected chi connectivity index (χ3v) is 5.39. The predicted molar refractivity (Wildman–Crippen MR) is 127 cm³/mol. The van der Waals surface area contributed by atoms with Crippen LogP contribution in [0.15, 0.2) is 35.1 Å². The standard InChI is InChI=1S/C22H24FN7O4S/c1-12(9-24)27-21(31)14(3)34-18-8-15(23)6-7-17(18)28-20-19-13(2)16(10-30(19)26-11-25-20)22(32)29-35(4,5)33/h6-8,10-12,14H,1-5H3,(H,27,31)(H,25,26,28)/t12?,14-/m1/s1. The maximum absolute atomic E-state index is 14.0. The van der Waals surface area contributed by atoms with Crippen LogP contribution in [0.3, 0.4) is 0 Å². The number of aromatic nitrogens is 3. The molecular formula is C22H24FN7O4S. The van der Waals surface area contributed by atoms with Gasteiger partial charge in [0.25, 0.3) is 11.8 Å². The Balaban J connectivity index is 1.98. The van der Waals surface area contributed by atoms with Crippen LogP contribution >= 0.6 is 0 Å². The number of nitriles is 1. The van der Waals surface area contributed by atoms with E-state index in [1.807, 2.05) is 6.07 Å². The van der Waals surface area contributed by atoms with Crippen LogP contribution in [0.1, 0.15) is 29.8 Å². The van der Waals surface area contributed by atoms with Crippen molar-refractivity contribution in [2.45, 2.75) is 32.9 Å². The highest BCUT2D eigenvalue weighted by molar-refractivity contribution is 7.92. The fourth-order valence-corrected chi connectivity index (χ4v) is 3.65. The number of hydrogen-bond donors (Lipinski definition) is 2. The SMILES string of the molecule is Cc1c(C(=O)N=S(C)(C)=O)cn2ncnc(Nc3ccc(F)cc3O[C@H](C)C(=O)NC(C)C#N)c12. The Morgan fingerprint density at radius 3 is 2.69 bits per heavy atom. The average molecular weight is 502 g/mol. The topological polar surface area (TPSA) is 151 Å². The van der Waals surface area contributed by atoms with Crippen molar-refractivity contribution < 1.29 is 22.9 Å². The molecule has 35 heavy (non-hydrogen) atoms. The number of benzene rings is 1. The van der Waals surface area contributed by atoms with E-state index in [2.05, 4.69) is 25.1 Å². The quantitative estimate of drug-likeness (QED) is 0.501. The lowest BCUT2D eigenvalue weighted by molar-refractivity contribution is -0.127. The summed E-state index contributed by atoms with van der Waals surface area (Å²) in [6.07, 6.45) is 4.41. The monoisotopic (exact) mass is 501 g/mol. The average Bonchev–Trinajstić information content (AvgIpc) is 3.11. The molecule has 0 bridgehead atoms. The lowest BCUT2D eigenvalue weighted by atomic mass is 10.2. The summed E-state index contributed by atoms with van der Waals surface area (Å²) >= 11 is 0. The number of fused-ring (bicyclic) bond motifs is 1. The van der Waals surface area contributed by atoms with E-state index in [4.69, 9.17) is 10.00 Å². The molecule has 0 saturated heterocycles. The van der Waals surface area contributed by atoms with Crippen LogP contribution in [0, 0.1) is 24.1 Å². The minimum atomic E-state index is -2.66. The lowest BCUT2D eigenvalue weighted by Gasteiger charge is -2.18. The molecule has 0 aliphatic heterocycles. The van der Waals surface area contributed by atoms with Gasteiger partial charge in [0.1, 0.15) is 29.5 Å². The van der Waals surface area contributed by atoms with Gasteiger partial charge in [-0.2, -0.15) is 14.7 Å². The fourth-order valence-electron chi connectivity index (χ4n) is 3.15. The Morgan fingerprint density at radius 2 is 2.03 bits per heavy atom. The molecule has 0 spiro atoms. The van der Waals surface area contributed by atoms with Crippen LogP contribution in [0.25, 0.3) is 5.52 Å². The smallest absolute Gasteiger partial charge is 0.286 e. The van der Waals surface area contributed by atoms with Gasteiger partial charge in [-0.25, -0.2) is 18.1 Å². The van der Waals surface area contributed by atoms with Gasteiger partial charge in [0, 0.05) is 34.5 Å². The van der Waals surface area contributed by atoms with Crippen molar-refractivity contribution in [2.75, 3.05) is 17.8 Å². The Bertz CT molecular complexity index is 1460. The molecule has 0 aliphatic rings. The van der Waals surface area contributed by atoms with Gasteiger partial charge in [-0.15, -0.1) is 0 Å². The second-order valence-electron chi connectivity index (χ2n) is 8.03. The molecule has 2 aromatic heterocycles. The van der Waals surface area contributed by atoms with E-state index in [9.17, 15) is 18.2 Å². The van der Waals surface area contributed by atoms with Crippen LogP contribution in [0.5, 0.6) is 5.75 Å². The summed E-state index contributed by atoms with van der Waals surface area (Å²) in [5.41, 5.74) is 1.43. The molecule has 0 saturated carbocycles. The van der Waals surface area contributed by atoms with Gasteiger partial charge in [0.15, 0.2) is 11.9 Å². The van der Waals surface area contributed by atoms with Crippen LogP contribution in [0.2, 0.25) is 0 Å². The highest BCUT2D eigenvalue weighted by Gasteiger charge is 2.21. The number of anilines is 2. The number of carbonyl (C=O) groups is 2. The zero-order valence-electron chi connectivity index (χ0n) is 19.7. The molecule has 0 aliphatic carbocycles. The van der Waals surface area contributed by atoms with Crippen LogP contribution in [-0.4, -0.2) is 55.3 Å². The van der Waals surface area contributed by atoms with Crippen molar-refractivity contribution in [3.63, 3.8) is 0 Å². The lowest BCUT2D eigenvalue weighted by Crippen LogP contribution is -2.40. The molecule has 1 aromatic carbocycles. The third-order valence-electron chi connectivity index (χ3n) is 4.78. The van der Waals surface area contributed by atoms with Gasteiger partial charge < -0.3 is 15.4 Å². The number of ether oxygens (including phenoxy) is 1. The second kappa shape index (κ2) is 10.1. The van der Waals surface area contributed by atoms with E-state index >= 15 is 0 Å². The number of hydrogen-bond acceptors (Lipinski definition) is 8. The first kappa shape index (κ1) is 25.6. The van der Waals surface area contributed by atoms with Gasteiger partial charge in [0.2, 0.25) is 0 Å². The van der Waals surface area contributed by atoms with Gasteiger partial charge in [-0.1, -0.05) is 0 Å². The highest BCUT2D eigenvalue weighted by Crippen LogP contribution is 2.32. The number of rotatable bonds is 7. The van der Waals surface area contributed by atoms with Crippen LogP contribution < -0.4 is 15.4 Å². The van der Waals surface area contributed by atoms with Crippen molar-refractivity contribution in [1.82, 2.24) is 19.9 Å². The molecule has 0 radical (unpaired) electrons. The minimum absolute atomic E-state index is 0.0289. The van der Waals surface area contributed by atoms with E-state index in [1.165, 1.54) is 55.5 Å². The molecule has 2 atom stereocenters. The number of aryl methyl sites for hydroxylation is 1. The van der Waals surface area contributed by atoms with Crippen molar-refractivity contribution >= 4 is 38.6 Å². The van der Waals surface area contributed by atoms with Crippen molar-refractivity contribution in [2.24, 2.45) is 4.36 Å². The molecule has 0 fully saturated rings. The zero-order chi connectivity index (χ0) is 25.9. The van der Waals surface area contributed by atoms with E-state index in [-0.39, 0.29) is 17.1 Å². The van der Waals surface area contributed by atoms with Gasteiger partial charge >= 0.3 is 0 Å². The number of nitrogens with zero attached hydrogens (tertiary/aromatic N) is 5. The molecule has 1 unspecified atom stereocenters. The Kier molecular flexibility index (Phi) is 7.35. The zero-order valence-corrected chi connectivity index (χ0v) is 20.5. The van der Waals surface area contributed by atoms with Crippen LogP contribution in [0.4, 0.5) is 15.9 Å². The number of carbonyl (C=O) groups excluding carboxylic acids is 2. The molecular weight excluding hydrogens is 477 g/mol. The van der Waals surface area contributed by atoms with Gasteiger partial charge in [-0.05, 0) is 38.5 Å². The second-order valence-corrected chi connectivity index (χ2v) is 10.6. The molecule has 184 valence electrons. The fraction of sp³-hybridized carbons (Fsp3) is 0.318. The summed E-state index contributed by atoms with van der Waals surface area (Å²) in [4.78, 5) is 29.0. The van der Waals surface area contributed by atoms with Crippen molar-refractivity contribution in [3.8, 4) is 11.8 Å². The van der Waals surface area contributed by atoms with Crippen LogP contribution in [-0.2, 0) is 14.5 Å². The summed E-state index contributed by atoms with van der Waals surface area (Å²) in [5.74, 6) is -1.48. The van der Waals surface area contributed by atoms with E-state index in [0.29, 0.717) is 16.8 Å².